The minimum absolute atomic E-state index is 0.0825. The number of rotatable bonds is 8. The van der Waals surface area contributed by atoms with Crippen molar-refractivity contribution in [3.63, 3.8) is 0 Å². The number of nitrogens with zero attached hydrogens (tertiary/aromatic N) is 1. The normalized spacial score (nSPS) is 11.9. The van der Waals surface area contributed by atoms with E-state index in [1.54, 1.807) is 0 Å². The molecule has 1 atom stereocenters. The number of benzene rings is 1. The Morgan fingerprint density at radius 1 is 1.45 bits per heavy atom. The molecule has 0 bridgehead atoms. The number of nitrogens with one attached hydrogen (secondary N) is 1. The second-order valence-electron chi connectivity index (χ2n) is 4.84. The number of nitro benzene ring substituents is 1. The van der Waals surface area contributed by atoms with Crippen LogP contribution in [0.25, 0.3) is 0 Å². The maximum atomic E-state index is 11.0. The highest BCUT2D eigenvalue weighted by atomic mass is 16.6. The first-order chi connectivity index (χ1) is 9.45. The van der Waals surface area contributed by atoms with Gasteiger partial charge in [-0.1, -0.05) is 26.2 Å². The van der Waals surface area contributed by atoms with Gasteiger partial charge in [0.15, 0.2) is 0 Å². The zero-order chi connectivity index (χ0) is 15.1. The fraction of sp³-hybridized carbons (Fsp3) is 0.500. The minimum atomic E-state index is -1.17. The third-order valence-electron chi connectivity index (χ3n) is 3.08. The molecule has 1 unspecified atom stereocenters. The summed E-state index contributed by atoms with van der Waals surface area (Å²) in [5, 5.41) is 23.0. The van der Waals surface area contributed by atoms with Crippen LogP contribution in [0.4, 0.5) is 11.4 Å². The van der Waals surface area contributed by atoms with Crippen molar-refractivity contribution in [2.75, 3.05) is 5.32 Å². The van der Waals surface area contributed by atoms with Gasteiger partial charge in [0, 0.05) is 12.1 Å². The number of unbranched alkanes of at least 4 members (excludes halogenated alkanes) is 2. The maximum absolute atomic E-state index is 11.0. The minimum Gasteiger partial charge on any atom is -0.478 e. The summed E-state index contributed by atoms with van der Waals surface area (Å²) in [4.78, 5) is 21.3. The van der Waals surface area contributed by atoms with E-state index >= 15 is 0 Å². The van der Waals surface area contributed by atoms with Crippen molar-refractivity contribution >= 4 is 17.3 Å². The van der Waals surface area contributed by atoms with Crippen LogP contribution in [0.3, 0.4) is 0 Å². The molecule has 6 nitrogen and oxygen atoms in total. The molecule has 0 aliphatic heterocycles. The molecule has 0 saturated heterocycles. The average molecular weight is 280 g/mol. The molecule has 0 aliphatic rings. The molecule has 0 aromatic heterocycles. The summed E-state index contributed by atoms with van der Waals surface area (Å²) in [5.74, 6) is -1.17. The van der Waals surface area contributed by atoms with Crippen LogP contribution in [0.15, 0.2) is 18.2 Å². The SMILES string of the molecule is CCCCCC(C)Nc1ccc(C(=O)O)cc1[N+](=O)[O-]. The summed E-state index contributed by atoms with van der Waals surface area (Å²) in [7, 11) is 0. The highest BCUT2D eigenvalue weighted by molar-refractivity contribution is 5.89. The van der Waals surface area contributed by atoms with Crippen molar-refractivity contribution in [2.45, 2.75) is 45.6 Å². The zero-order valence-corrected chi connectivity index (χ0v) is 11.8. The van der Waals surface area contributed by atoms with Crippen LogP contribution in [-0.2, 0) is 0 Å². The third kappa shape index (κ3) is 4.53. The van der Waals surface area contributed by atoms with Crippen LogP contribution in [0, 0.1) is 10.1 Å². The topological polar surface area (TPSA) is 92.5 Å². The summed E-state index contributed by atoms with van der Waals surface area (Å²) < 4.78 is 0. The number of hydrogen-bond donors (Lipinski definition) is 2. The lowest BCUT2D eigenvalue weighted by Crippen LogP contribution is -2.16. The summed E-state index contributed by atoms with van der Waals surface area (Å²) in [6.07, 6.45) is 4.24. The molecule has 1 aromatic carbocycles. The zero-order valence-electron chi connectivity index (χ0n) is 11.8. The standard InChI is InChI=1S/C14H20N2O4/c1-3-4-5-6-10(2)15-12-8-7-11(14(17)18)9-13(12)16(19)20/h7-10,15H,3-6H2,1-2H3,(H,17,18). The molecule has 110 valence electrons. The smallest absolute Gasteiger partial charge is 0.335 e. The van der Waals surface area contributed by atoms with Crippen LogP contribution in [0.1, 0.15) is 49.9 Å². The molecular weight excluding hydrogens is 260 g/mol. The molecule has 1 aromatic rings. The second kappa shape index (κ2) is 7.47. The predicted octanol–water partition coefficient (Wildman–Crippen LogP) is 3.67. The van der Waals surface area contributed by atoms with E-state index in [0.717, 1.165) is 31.7 Å². The number of carbonyl (C=O) groups is 1. The van der Waals surface area contributed by atoms with Gasteiger partial charge in [-0.05, 0) is 25.5 Å². The average Bonchev–Trinajstić information content (AvgIpc) is 2.38. The Balaban J connectivity index is 2.83. The Bertz CT molecular complexity index is 488. The molecule has 2 N–H and O–H groups in total. The van der Waals surface area contributed by atoms with Gasteiger partial charge in [0.25, 0.3) is 5.69 Å². The molecule has 0 radical (unpaired) electrons. The number of carboxylic acids is 1. The molecule has 6 heteroatoms. The first-order valence-electron chi connectivity index (χ1n) is 6.74. The largest absolute Gasteiger partial charge is 0.478 e. The number of nitro groups is 1. The molecular formula is C14H20N2O4. The van der Waals surface area contributed by atoms with Crippen molar-refractivity contribution in [2.24, 2.45) is 0 Å². The molecule has 0 spiro atoms. The van der Waals surface area contributed by atoms with E-state index in [9.17, 15) is 14.9 Å². The first kappa shape index (κ1) is 15.9. The van der Waals surface area contributed by atoms with Gasteiger partial charge in [-0.3, -0.25) is 10.1 Å². The van der Waals surface area contributed by atoms with Crippen molar-refractivity contribution < 1.29 is 14.8 Å². The summed E-state index contributed by atoms with van der Waals surface area (Å²) in [5.41, 5.74) is 0.0807. The Labute approximate surface area is 118 Å². The van der Waals surface area contributed by atoms with Crippen LogP contribution in [0.2, 0.25) is 0 Å². The van der Waals surface area contributed by atoms with Crippen LogP contribution in [-0.4, -0.2) is 22.0 Å². The van der Waals surface area contributed by atoms with E-state index in [1.807, 2.05) is 6.92 Å². The molecule has 0 amide bonds. The predicted molar refractivity (Wildman–Crippen MR) is 77.3 cm³/mol. The maximum Gasteiger partial charge on any atom is 0.335 e. The van der Waals surface area contributed by atoms with Gasteiger partial charge in [0.05, 0.1) is 10.5 Å². The van der Waals surface area contributed by atoms with Crippen molar-refractivity contribution in [3.05, 3.63) is 33.9 Å². The molecule has 20 heavy (non-hydrogen) atoms. The first-order valence-corrected chi connectivity index (χ1v) is 6.74. The van der Waals surface area contributed by atoms with E-state index in [2.05, 4.69) is 12.2 Å². The molecule has 0 saturated carbocycles. The second-order valence-corrected chi connectivity index (χ2v) is 4.84. The fourth-order valence-corrected chi connectivity index (χ4v) is 1.98. The fourth-order valence-electron chi connectivity index (χ4n) is 1.98. The Kier molecular flexibility index (Phi) is 5.96. The van der Waals surface area contributed by atoms with Crippen molar-refractivity contribution in [1.29, 1.82) is 0 Å². The van der Waals surface area contributed by atoms with E-state index in [1.165, 1.54) is 12.1 Å². The van der Waals surface area contributed by atoms with Gasteiger partial charge in [0.1, 0.15) is 5.69 Å². The quantitative estimate of drug-likeness (QED) is 0.430. The van der Waals surface area contributed by atoms with Crippen LogP contribution >= 0.6 is 0 Å². The van der Waals surface area contributed by atoms with Gasteiger partial charge in [-0.25, -0.2) is 4.79 Å². The summed E-state index contributed by atoms with van der Waals surface area (Å²) in [6, 6.07) is 4.02. The van der Waals surface area contributed by atoms with Gasteiger partial charge < -0.3 is 10.4 Å². The lowest BCUT2D eigenvalue weighted by atomic mass is 10.1. The third-order valence-corrected chi connectivity index (χ3v) is 3.08. The van der Waals surface area contributed by atoms with E-state index in [0.29, 0.717) is 5.69 Å². The lowest BCUT2D eigenvalue weighted by molar-refractivity contribution is -0.384. The number of aromatic carboxylic acids is 1. The highest BCUT2D eigenvalue weighted by Crippen LogP contribution is 2.26. The van der Waals surface area contributed by atoms with Crippen molar-refractivity contribution in [1.82, 2.24) is 0 Å². The molecule has 0 heterocycles. The summed E-state index contributed by atoms with van der Waals surface area (Å²) in [6.45, 7) is 4.08. The molecule has 0 fully saturated rings. The number of hydrogen-bond acceptors (Lipinski definition) is 4. The number of anilines is 1. The molecule has 0 aliphatic carbocycles. The summed E-state index contributed by atoms with van der Waals surface area (Å²) >= 11 is 0. The highest BCUT2D eigenvalue weighted by Gasteiger charge is 2.18. The Morgan fingerprint density at radius 2 is 2.15 bits per heavy atom. The Morgan fingerprint density at radius 3 is 2.70 bits per heavy atom. The monoisotopic (exact) mass is 280 g/mol. The Hall–Kier alpha value is -2.11. The van der Waals surface area contributed by atoms with E-state index < -0.39 is 10.9 Å². The van der Waals surface area contributed by atoms with Gasteiger partial charge in [-0.2, -0.15) is 0 Å². The van der Waals surface area contributed by atoms with Gasteiger partial charge >= 0.3 is 5.97 Å². The van der Waals surface area contributed by atoms with Crippen molar-refractivity contribution in [3.8, 4) is 0 Å². The lowest BCUT2D eigenvalue weighted by Gasteiger charge is -2.15. The van der Waals surface area contributed by atoms with Gasteiger partial charge in [0.2, 0.25) is 0 Å². The van der Waals surface area contributed by atoms with E-state index in [-0.39, 0.29) is 17.3 Å². The van der Waals surface area contributed by atoms with Crippen LogP contribution < -0.4 is 5.32 Å². The van der Waals surface area contributed by atoms with Gasteiger partial charge in [-0.15, -0.1) is 0 Å². The van der Waals surface area contributed by atoms with E-state index in [4.69, 9.17) is 5.11 Å². The number of carboxylic acid groups (broad SMARTS) is 1. The van der Waals surface area contributed by atoms with Crippen LogP contribution in [0.5, 0.6) is 0 Å². The molecule has 1 rings (SSSR count).